The number of benzene rings is 3. The van der Waals surface area contributed by atoms with Crippen LogP contribution in [0.25, 0.3) is 10.8 Å². The molecule has 7 N–H and O–H groups in total. The number of guanidine groups is 1. The van der Waals surface area contributed by atoms with Gasteiger partial charge in [-0.3, -0.25) is 15.0 Å². The van der Waals surface area contributed by atoms with Gasteiger partial charge in [-0.2, -0.15) is 4.72 Å². The number of rotatable bonds is 9. The van der Waals surface area contributed by atoms with E-state index in [9.17, 15) is 18.0 Å². The third-order valence-corrected chi connectivity index (χ3v) is 7.75. The zero-order valence-corrected chi connectivity index (χ0v) is 21.4. The van der Waals surface area contributed by atoms with E-state index in [1.165, 1.54) is 18.2 Å². The number of sulfonamides is 1. The minimum atomic E-state index is -4.18. The molecule has 38 heavy (non-hydrogen) atoms. The molecule has 1 amide bonds. The van der Waals surface area contributed by atoms with E-state index in [1.54, 1.807) is 41.3 Å². The van der Waals surface area contributed by atoms with E-state index >= 15 is 0 Å². The molecule has 1 heterocycles. The number of para-hydroxylation sites is 1. The van der Waals surface area contributed by atoms with E-state index in [-0.39, 0.29) is 28.7 Å². The van der Waals surface area contributed by atoms with Gasteiger partial charge in [-0.1, -0.05) is 42.5 Å². The standard InChI is InChI=1S/C26H30N6O5S/c27-22-8-4-3-7-21(22)24(33)14-23(25(34)30-15-19-16-32(26(28)29)11-12-37-19)31-38(35,36)20-10-9-17-5-1-2-6-18(17)13-20/h1-10,13,19,23,31H,11-12,14-16,27H2,(H3,28,29)(H,30,34)/t19-,23?/m1/s1. The summed E-state index contributed by atoms with van der Waals surface area (Å²) in [4.78, 5) is 27.8. The van der Waals surface area contributed by atoms with E-state index in [0.29, 0.717) is 25.1 Å². The van der Waals surface area contributed by atoms with Crippen molar-refractivity contribution in [2.24, 2.45) is 5.73 Å². The molecule has 1 aliphatic heterocycles. The fourth-order valence-corrected chi connectivity index (χ4v) is 5.45. The highest BCUT2D eigenvalue weighted by Gasteiger charge is 2.30. The molecule has 1 aliphatic rings. The van der Waals surface area contributed by atoms with Crippen LogP contribution in [0.2, 0.25) is 0 Å². The molecule has 4 rings (SSSR count). The first-order valence-corrected chi connectivity index (χ1v) is 13.5. The van der Waals surface area contributed by atoms with Crippen molar-refractivity contribution in [1.29, 1.82) is 5.41 Å². The molecule has 12 heteroatoms. The summed E-state index contributed by atoms with van der Waals surface area (Å²) in [6.45, 7) is 1.12. The van der Waals surface area contributed by atoms with Gasteiger partial charge in [-0.05, 0) is 35.0 Å². The number of carbonyl (C=O) groups excluding carboxylic acids is 2. The van der Waals surface area contributed by atoms with E-state index < -0.39 is 40.3 Å². The SMILES string of the molecule is N=C(N)N1CCO[C@H](CNC(=O)C(CC(=O)c2ccccc2N)NS(=O)(=O)c2ccc3ccccc3c2)C1. The Balaban J connectivity index is 1.54. The van der Waals surface area contributed by atoms with Gasteiger partial charge in [0.25, 0.3) is 0 Å². The number of morpholine rings is 1. The summed E-state index contributed by atoms with van der Waals surface area (Å²) >= 11 is 0. The van der Waals surface area contributed by atoms with Crippen molar-refractivity contribution in [3.8, 4) is 0 Å². The Morgan fingerprint density at radius 2 is 1.79 bits per heavy atom. The first kappa shape index (κ1) is 27.0. The average molecular weight is 539 g/mol. The topological polar surface area (TPSA) is 181 Å². The van der Waals surface area contributed by atoms with Crippen LogP contribution in [0.5, 0.6) is 0 Å². The number of Topliss-reactive ketones (excluding diaryl/α,β-unsaturated/α-hetero) is 1. The van der Waals surface area contributed by atoms with Gasteiger partial charge in [-0.15, -0.1) is 0 Å². The van der Waals surface area contributed by atoms with Crippen LogP contribution < -0.4 is 21.5 Å². The number of carbonyl (C=O) groups is 2. The third kappa shape index (κ3) is 6.46. The van der Waals surface area contributed by atoms with Crippen molar-refractivity contribution in [3.05, 3.63) is 72.3 Å². The minimum absolute atomic E-state index is 0.0339. The van der Waals surface area contributed by atoms with Crippen molar-refractivity contribution in [2.75, 3.05) is 32.0 Å². The van der Waals surface area contributed by atoms with E-state index in [0.717, 1.165) is 5.39 Å². The predicted octanol–water partition coefficient (Wildman–Crippen LogP) is 1.05. The molecule has 0 spiro atoms. The molecule has 11 nitrogen and oxygen atoms in total. The van der Waals surface area contributed by atoms with E-state index in [1.807, 2.05) is 12.1 Å². The summed E-state index contributed by atoms with van der Waals surface area (Å²) < 4.78 is 34.6. The zero-order chi connectivity index (χ0) is 27.3. The second-order valence-electron chi connectivity index (χ2n) is 8.97. The summed E-state index contributed by atoms with van der Waals surface area (Å²) in [5.74, 6) is -1.28. The molecule has 3 aromatic carbocycles. The lowest BCUT2D eigenvalue weighted by Crippen LogP contribution is -2.54. The Kier molecular flexibility index (Phi) is 8.25. The Morgan fingerprint density at radius 1 is 1.08 bits per heavy atom. The Morgan fingerprint density at radius 3 is 2.53 bits per heavy atom. The lowest BCUT2D eigenvalue weighted by molar-refractivity contribution is -0.123. The molecule has 0 aromatic heterocycles. The van der Waals surface area contributed by atoms with Crippen LogP contribution in [0, 0.1) is 5.41 Å². The maximum Gasteiger partial charge on any atom is 0.241 e. The number of amides is 1. The molecule has 0 saturated carbocycles. The zero-order valence-electron chi connectivity index (χ0n) is 20.6. The van der Waals surface area contributed by atoms with Gasteiger partial charge in [-0.25, -0.2) is 8.42 Å². The molecule has 0 radical (unpaired) electrons. The molecule has 200 valence electrons. The number of nitrogens with two attached hydrogens (primary N) is 2. The first-order chi connectivity index (χ1) is 18.1. The van der Waals surface area contributed by atoms with Gasteiger partial charge >= 0.3 is 0 Å². The maximum atomic E-state index is 13.3. The summed E-state index contributed by atoms with van der Waals surface area (Å²) in [6, 6.07) is 16.9. The van der Waals surface area contributed by atoms with Crippen LogP contribution in [-0.2, 0) is 19.6 Å². The van der Waals surface area contributed by atoms with Crippen LogP contribution in [0.15, 0.2) is 71.6 Å². The van der Waals surface area contributed by atoms with Crippen LogP contribution in [0.3, 0.4) is 0 Å². The summed E-state index contributed by atoms with van der Waals surface area (Å²) in [5, 5.41) is 11.9. The first-order valence-electron chi connectivity index (χ1n) is 12.0. The van der Waals surface area contributed by atoms with Crippen LogP contribution in [-0.4, -0.2) is 69.4 Å². The predicted molar refractivity (Wildman–Crippen MR) is 144 cm³/mol. The maximum absolute atomic E-state index is 13.3. The number of hydrogen-bond donors (Lipinski definition) is 5. The number of nitrogens with one attached hydrogen (secondary N) is 3. The molecule has 3 aromatic rings. The molecular formula is C26H30N6O5S. The summed E-state index contributed by atoms with van der Waals surface area (Å²) in [7, 11) is -4.18. The fourth-order valence-electron chi connectivity index (χ4n) is 4.22. The highest BCUT2D eigenvalue weighted by molar-refractivity contribution is 7.89. The number of nitrogen functional groups attached to an aromatic ring is 1. The number of ketones is 1. The van der Waals surface area contributed by atoms with Crippen LogP contribution in [0.1, 0.15) is 16.8 Å². The Labute approximate surface area is 220 Å². The second kappa shape index (κ2) is 11.6. The highest BCUT2D eigenvalue weighted by atomic mass is 32.2. The smallest absolute Gasteiger partial charge is 0.241 e. The monoisotopic (exact) mass is 538 g/mol. The van der Waals surface area contributed by atoms with Gasteiger partial charge in [0.05, 0.1) is 17.6 Å². The molecule has 1 fully saturated rings. The fraction of sp³-hybridized carbons (Fsp3) is 0.269. The molecule has 1 saturated heterocycles. The number of ether oxygens (including phenoxy) is 1. The normalized spacial score (nSPS) is 16.6. The van der Waals surface area contributed by atoms with Crippen molar-refractivity contribution in [2.45, 2.75) is 23.5 Å². The van der Waals surface area contributed by atoms with Crippen LogP contribution >= 0.6 is 0 Å². The molecule has 2 atom stereocenters. The number of hydrogen-bond acceptors (Lipinski definition) is 7. The van der Waals surface area contributed by atoms with Crippen LogP contribution in [0.4, 0.5) is 5.69 Å². The summed E-state index contributed by atoms with van der Waals surface area (Å²) in [5.41, 5.74) is 11.9. The molecular weight excluding hydrogens is 508 g/mol. The molecule has 0 aliphatic carbocycles. The average Bonchev–Trinajstić information content (AvgIpc) is 2.91. The van der Waals surface area contributed by atoms with Crippen molar-refractivity contribution >= 4 is 44.1 Å². The van der Waals surface area contributed by atoms with Crippen molar-refractivity contribution in [1.82, 2.24) is 14.9 Å². The van der Waals surface area contributed by atoms with Gasteiger partial charge in [0.2, 0.25) is 15.9 Å². The molecule has 1 unspecified atom stereocenters. The quantitative estimate of drug-likeness (QED) is 0.116. The lowest BCUT2D eigenvalue weighted by atomic mass is 10.0. The number of nitrogens with zero attached hydrogens (tertiary/aromatic N) is 1. The molecule has 0 bridgehead atoms. The Hall–Kier alpha value is -4.00. The van der Waals surface area contributed by atoms with Crippen molar-refractivity contribution < 1.29 is 22.7 Å². The number of anilines is 1. The lowest BCUT2D eigenvalue weighted by Gasteiger charge is -2.33. The highest BCUT2D eigenvalue weighted by Crippen LogP contribution is 2.20. The number of fused-ring (bicyclic) bond motifs is 1. The van der Waals surface area contributed by atoms with Gasteiger partial charge in [0.1, 0.15) is 6.04 Å². The van der Waals surface area contributed by atoms with Gasteiger partial charge < -0.3 is 26.4 Å². The second-order valence-corrected chi connectivity index (χ2v) is 10.7. The minimum Gasteiger partial charge on any atom is -0.398 e. The van der Waals surface area contributed by atoms with E-state index in [2.05, 4.69) is 10.0 Å². The van der Waals surface area contributed by atoms with Crippen molar-refractivity contribution in [3.63, 3.8) is 0 Å². The van der Waals surface area contributed by atoms with Gasteiger partial charge in [0.15, 0.2) is 11.7 Å². The third-order valence-electron chi connectivity index (χ3n) is 6.28. The van der Waals surface area contributed by atoms with Gasteiger partial charge in [0, 0.05) is 37.3 Å². The largest absolute Gasteiger partial charge is 0.398 e. The Bertz CT molecular complexity index is 1460. The van der Waals surface area contributed by atoms with E-state index in [4.69, 9.17) is 21.6 Å². The summed E-state index contributed by atoms with van der Waals surface area (Å²) in [6.07, 6.45) is -0.910.